The lowest BCUT2D eigenvalue weighted by atomic mass is 9.78. The average Bonchev–Trinajstić information content (AvgIpc) is 2.17. The second kappa shape index (κ2) is 3.15. The molecule has 0 heterocycles. The number of fused-ring (bicyclic) bond motifs is 1. The summed E-state index contributed by atoms with van der Waals surface area (Å²) in [5.41, 5.74) is 2.55. The van der Waals surface area contributed by atoms with Gasteiger partial charge in [0.1, 0.15) is 12.2 Å². The van der Waals surface area contributed by atoms with Gasteiger partial charge in [0, 0.05) is 12.1 Å². The topological polar surface area (TPSA) is 40.5 Å². The predicted molar refractivity (Wildman–Crippen MR) is 53.0 cm³/mol. The zero-order valence-electron chi connectivity index (χ0n) is 6.94. The molecule has 0 bridgehead atoms. The number of allylic oxidation sites excluding steroid dienone is 2. The van der Waals surface area contributed by atoms with Crippen LogP contribution < -0.4 is 5.46 Å². The summed E-state index contributed by atoms with van der Waals surface area (Å²) in [6.45, 7) is 0. The zero-order chi connectivity index (χ0) is 9.26. The highest BCUT2D eigenvalue weighted by molar-refractivity contribution is 6.58. The van der Waals surface area contributed by atoms with Gasteiger partial charge in [0.05, 0.1) is 17.2 Å². The van der Waals surface area contributed by atoms with E-state index in [9.17, 15) is 0 Å². The first-order valence-electron chi connectivity index (χ1n) is 4.03. The maximum Gasteiger partial charge on any atom is 0.488 e. The second-order valence-electron chi connectivity index (χ2n) is 2.91. The van der Waals surface area contributed by atoms with Gasteiger partial charge in [-0.2, -0.15) is 0 Å². The average molecular weight is 171 g/mol. The summed E-state index contributed by atoms with van der Waals surface area (Å²) < 4.78 is 0. The van der Waals surface area contributed by atoms with Crippen LogP contribution in [0.25, 0.3) is 12.2 Å². The molecule has 1 aromatic carbocycles. The Labute approximate surface area is 77.0 Å². The van der Waals surface area contributed by atoms with Crippen molar-refractivity contribution in [3.05, 3.63) is 41.5 Å². The molecule has 62 valence electrons. The second-order valence-corrected chi connectivity index (χ2v) is 2.91. The third-order valence-corrected chi connectivity index (χ3v) is 2.01. The maximum absolute atomic E-state index is 8.93. The van der Waals surface area contributed by atoms with Crippen molar-refractivity contribution in [3.63, 3.8) is 0 Å². The van der Waals surface area contributed by atoms with E-state index in [1.165, 1.54) is 0 Å². The normalized spacial score (nSPS) is 12.2. The number of benzene rings is 1. The van der Waals surface area contributed by atoms with Crippen LogP contribution in [0.3, 0.4) is 0 Å². The molecule has 0 amide bonds. The fourth-order valence-electron chi connectivity index (χ4n) is 1.31. The van der Waals surface area contributed by atoms with E-state index < -0.39 is 7.12 Å². The molecule has 2 rings (SSSR count). The van der Waals surface area contributed by atoms with Crippen molar-refractivity contribution in [2.24, 2.45) is 0 Å². The lowest BCUT2D eigenvalue weighted by molar-refractivity contribution is 0.426. The zero-order valence-corrected chi connectivity index (χ0v) is 6.94. The molecule has 0 aromatic heterocycles. The van der Waals surface area contributed by atoms with Crippen molar-refractivity contribution in [1.82, 2.24) is 0 Å². The highest BCUT2D eigenvalue weighted by atomic mass is 16.4. The molecule has 0 fully saturated rings. The van der Waals surface area contributed by atoms with Crippen molar-refractivity contribution < 1.29 is 10.0 Å². The molecule has 0 atom stereocenters. The van der Waals surface area contributed by atoms with Gasteiger partial charge in [-0.3, -0.25) is 0 Å². The third-order valence-electron chi connectivity index (χ3n) is 2.01. The van der Waals surface area contributed by atoms with Gasteiger partial charge < -0.3 is 10.0 Å². The summed E-state index contributed by atoms with van der Waals surface area (Å²) in [4.78, 5) is 0. The van der Waals surface area contributed by atoms with E-state index >= 15 is 0 Å². The Balaban J connectivity index is 2.48. The number of rotatable bonds is 1. The Morgan fingerprint density at radius 1 is 1.15 bits per heavy atom. The number of hydrogen-bond donors (Lipinski definition) is 2. The standard InChI is InChI=1S/C10H8BO2/c12-11(13)10-6-5-8-3-1-2-4-9(8)7-10/h2-7,12-13H/q+1. The molecular weight excluding hydrogens is 163 g/mol. The summed E-state index contributed by atoms with van der Waals surface area (Å²) in [5, 5.41) is 17.9. The highest BCUT2D eigenvalue weighted by Gasteiger charge is 2.15. The minimum Gasteiger partial charge on any atom is -0.423 e. The lowest BCUT2D eigenvalue weighted by Gasteiger charge is -2.00. The fraction of sp³-hybridized carbons (Fsp3) is 0. The van der Waals surface area contributed by atoms with Crippen LogP contribution in [0.1, 0.15) is 11.1 Å². The van der Waals surface area contributed by atoms with Crippen LogP contribution in [0.2, 0.25) is 0 Å². The summed E-state index contributed by atoms with van der Waals surface area (Å²) in [6.07, 6.45) is 8.51. The van der Waals surface area contributed by atoms with Crippen LogP contribution in [0.15, 0.2) is 24.3 Å². The van der Waals surface area contributed by atoms with Gasteiger partial charge in [-0.1, -0.05) is 0 Å². The van der Waals surface area contributed by atoms with Crippen LogP contribution in [-0.4, -0.2) is 17.2 Å². The monoisotopic (exact) mass is 171 g/mol. The Morgan fingerprint density at radius 3 is 2.77 bits per heavy atom. The third kappa shape index (κ3) is 1.53. The van der Waals surface area contributed by atoms with E-state index in [2.05, 4.69) is 6.08 Å². The molecule has 0 saturated heterocycles. The molecule has 0 saturated carbocycles. The first kappa shape index (κ1) is 8.20. The molecule has 1 aliphatic carbocycles. The van der Waals surface area contributed by atoms with E-state index in [0.29, 0.717) is 5.46 Å². The molecule has 3 heteroatoms. The van der Waals surface area contributed by atoms with E-state index in [-0.39, 0.29) is 0 Å². The van der Waals surface area contributed by atoms with Crippen LogP contribution in [0.4, 0.5) is 0 Å². The Hall–Kier alpha value is -1.41. The molecular formula is C10H8BO2+. The molecule has 0 aliphatic heterocycles. The van der Waals surface area contributed by atoms with Gasteiger partial charge in [-0.15, -0.1) is 0 Å². The first-order chi connectivity index (χ1) is 6.27. The molecule has 1 aromatic rings. The van der Waals surface area contributed by atoms with Gasteiger partial charge in [-0.25, -0.2) is 0 Å². The molecule has 1 aliphatic rings. The molecule has 13 heavy (non-hydrogen) atoms. The summed E-state index contributed by atoms with van der Waals surface area (Å²) >= 11 is 0. The summed E-state index contributed by atoms with van der Waals surface area (Å²) in [6, 6.07) is 5.30. The van der Waals surface area contributed by atoms with Crippen molar-refractivity contribution in [2.75, 3.05) is 0 Å². The lowest BCUT2D eigenvalue weighted by Crippen LogP contribution is -2.29. The Morgan fingerprint density at radius 2 is 2.00 bits per heavy atom. The molecule has 2 N–H and O–H groups in total. The van der Waals surface area contributed by atoms with Gasteiger partial charge in [0.2, 0.25) is 0 Å². The SMILES string of the molecule is OB(O)c1ccc2c(c1)C=C[C+]=C2. The molecule has 0 spiro atoms. The number of hydrogen-bond acceptors (Lipinski definition) is 2. The van der Waals surface area contributed by atoms with Crippen LogP contribution in [0, 0.1) is 6.08 Å². The fourth-order valence-corrected chi connectivity index (χ4v) is 1.31. The molecule has 0 radical (unpaired) electrons. The van der Waals surface area contributed by atoms with Gasteiger partial charge in [0.15, 0.2) is 0 Å². The summed E-state index contributed by atoms with van der Waals surface area (Å²) in [7, 11) is -1.39. The minimum atomic E-state index is -1.39. The van der Waals surface area contributed by atoms with Crippen LogP contribution >= 0.6 is 0 Å². The van der Waals surface area contributed by atoms with Crippen molar-refractivity contribution in [2.45, 2.75) is 0 Å². The van der Waals surface area contributed by atoms with Crippen molar-refractivity contribution in [3.8, 4) is 0 Å². The summed E-state index contributed by atoms with van der Waals surface area (Å²) in [5.74, 6) is 0. The smallest absolute Gasteiger partial charge is 0.423 e. The largest absolute Gasteiger partial charge is 0.488 e. The molecule has 2 nitrogen and oxygen atoms in total. The van der Waals surface area contributed by atoms with Crippen LogP contribution in [0.5, 0.6) is 0 Å². The minimum absolute atomic E-state index is 0.513. The first-order valence-corrected chi connectivity index (χ1v) is 4.03. The van der Waals surface area contributed by atoms with E-state index in [1.807, 2.05) is 18.2 Å². The maximum atomic E-state index is 8.93. The van der Waals surface area contributed by atoms with Gasteiger partial charge in [-0.05, 0) is 17.6 Å². The van der Waals surface area contributed by atoms with Crippen LogP contribution in [-0.2, 0) is 0 Å². The molecule has 0 unspecified atom stereocenters. The highest BCUT2D eigenvalue weighted by Crippen LogP contribution is 2.15. The van der Waals surface area contributed by atoms with Crippen molar-refractivity contribution in [1.29, 1.82) is 0 Å². The van der Waals surface area contributed by atoms with Gasteiger partial charge in [0.25, 0.3) is 0 Å². The predicted octanol–water partition coefficient (Wildman–Crippen LogP) is 0.210. The van der Waals surface area contributed by atoms with E-state index in [4.69, 9.17) is 10.0 Å². The van der Waals surface area contributed by atoms with Gasteiger partial charge >= 0.3 is 7.12 Å². The Bertz CT molecular complexity index is 381. The van der Waals surface area contributed by atoms with Crippen molar-refractivity contribution >= 4 is 24.7 Å². The van der Waals surface area contributed by atoms with E-state index in [1.54, 1.807) is 18.2 Å². The Kier molecular flexibility index (Phi) is 1.99. The quantitative estimate of drug-likeness (QED) is 0.468. The van der Waals surface area contributed by atoms with E-state index in [0.717, 1.165) is 11.1 Å².